The molecule has 3 rings (SSSR count). The Hall–Kier alpha value is -1.64. The van der Waals surface area contributed by atoms with E-state index in [4.69, 9.17) is 0 Å². The van der Waals surface area contributed by atoms with Crippen LogP contribution in [0.1, 0.15) is 30.4 Å². The van der Waals surface area contributed by atoms with Crippen molar-refractivity contribution in [2.24, 2.45) is 0 Å². The van der Waals surface area contributed by atoms with Crippen molar-refractivity contribution >= 4 is 0 Å². The Morgan fingerprint density at radius 1 is 0.952 bits per heavy atom. The molecule has 2 heteroatoms. The highest BCUT2D eigenvalue weighted by Crippen LogP contribution is 2.44. The summed E-state index contributed by atoms with van der Waals surface area (Å²) in [6, 6.07) is 21.5. The highest BCUT2D eigenvalue weighted by atomic mass is 16.3. The van der Waals surface area contributed by atoms with Gasteiger partial charge in [-0.15, -0.1) is 0 Å². The average molecular weight is 281 g/mol. The number of nitrogens with one attached hydrogen (secondary N) is 1. The zero-order chi connectivity index (χ0) is 14.7. The van der Waals surface area contributed by atoms with Crippen LogP contribution in [0.2, 0.25) is 0 Å². The monoisotopic (exact) mass is 281 g/mol. The fourth-order valence-electron chi connectivity index (χ4n) is 3.74. The molecule has 1 aliphatic rings. The zero-order valence-electron chi connectivity index (χ0n) is 12.5. The zero-order valence-corrected chi connectivity index (χ0v) is 12.5. The van der Waals surface area contributed by atoms with Gasteiger partial charge in [-0.3, -0.25) is 0 Å². The lowest BCUT2D eigenvalue weighted by Crippen LogP contribution is -2.48. The standard InChI is InChI=1S/C19H23NO/c1-20-17-12-13-19(14-18(17)21,15-8-4-2-5-9-15)16-10-6-3-7-11-16/h2-11,17-18,20-21H,12-14H2,1H3. The van der Waals surface area contributed by atoms with Crippen LogP contribution in [0.5, 0.6) is 0 Å². The van der Waals surface area contributed by atoms with Crippen molar-refractivity contribution in [1.82, 2.24) is 5.32 Å². The number of rotatable bonds is 3. The molecule has 21 heavy (non-hydrogen) atoms. The molecule has 1 aliphatic carbocycles. The van der Waals surface area contributed by atoms with Gasteiger partial charge in [0.05, 0.1) is 6.10 Å². The Morgan fingerprint density at radius 2 is 1.48 bits per heavy atom. The number of aliphatic hydroxyl groups is 1. The molecule has 1 fully saturated rings. The molecule has 0 bridgehead atoms. The number of hydrogen-bond donors (Lipinski definition) is 2. The summed E-state index contributed by atoms with van der Waals surface area (Å²) in [7, 11) is 1.94. The quantitative estimate of drug-likeness (QED) is 0.906. The van der Waals surface area contributed by atoms with Crippen molar-refractivity contribution in [1.29, 1.82) is 0 Å². The molecule has 1 saturated carbocycles. The first kappa shape index (κ1) is 14.3. The first-order valence-electron chi connectivity index (χ1n) is 7.73. The molecule has 110 valence electrons. The molecule has 2 unspecified atom stereocenters. The van der Waals surface area contributed by atoms with Gasteiger partial charge in [-0.25, -0.2) is 0 Å². The molecule has 0 heterocycles. The average Bonchev–Trinajstić information content (AvgIpc) is 2.56. The van der Waals surface area contributed by atoms with E-state index in [0.29, 0.717) is 0 Å². The minimum Gasteiger partial charge on any atom is -0.391 e. The van der Waals surface area contributed by atoms with Gasteiger partial charge in [-0.1, -0.05) is 60.7 Å². The lowest BCUT2D eigenvalue weighted by Gasteiger charge is -2.44. The van der Waals surface area contributed by atoms with E-state index in [-0.39, 0.29) is 17.6 Å². The van der Waals surface area contributed by atoms with Crippen LogP contribution in [0.3, 0.4) is 0 Å². The van der Waals surface area contributed by atoms with E-state index in [0.717, 1.165) is 19.3 Å². The molecule has 2 aromatic rings. The number of hydrogen-bond acceptors (Lipinski definition) is 2. The highest BCUT2D eigenvalue weighted by molar-refractivity contribution is 5.40. The molecule has 0 amide bonds. The molecule has 0 radical (unpaired) electrons. The minimum atomic E-state index is -0.316. The van der Waals surface area contributed by atoms with Crippen LogP contribution in [0.25, 0.3) is 0 Å². The molecular formula is C19H23NO. The summed E-state index contributed by atoms with van der Waals surface area (Å²) in [4.78, 5) is 0. The van der Waals surface area contributed by atoms with E-state index in [1.165, 1.54) is 11.1 Å². The third-order valence-electron chi connectivity index (χ3n) is 4.93. The fraction of sp³-hybridized carbons (Fsp3) is 0.368. The van der Waals surface area contributed by atoms with Gasteiger partial charge in [0.2, 0.25) is 0 Å². The van der Waals surface area contributed by atoms with Crippen LogP contribution in [-0.4, -0.2) is 24.3 Å². The Balaban J connectivity index is 2.05. The summed E-state index contributed by atoms with van der Waals surface area (Å²) >= 11 is 0. The molecule has 0 aromatic heterocycles. The van der Waals surface area contributed by atoms with Crippen molar-refractivity contribution in [2.75, 3.05) is 7.05 Å². The molecule has 0 saturated heterocycles. The predicted octanol–water partition coefficient (Wildman–Crippen LogP) is 3.11. The normalized spacial score (nSPS) is 24.7. The van der Waals surface area contributed by atoms with Crippen molar-refractivity contribution < 1.29 is 5.11 Å². The van der Waals surface area contributed by atoms with E-state index < -0.39 is 0 Å². The van der Waals surface area contributed by atoms with Crippen molar-refractivity contribution in [3.8, 4) is 0 Å². The van der Waals surface area contributed by atoms with Gasteiger partial charge in [-0.2, -0.15) is 0 Å². The minimum absolute atomic E-state index is 0.0741. The first-order valence-corrected chi connectivity index (χ1v) is 7.73. The molecular weight excluding hydrogens is 258 g/mol. The number of benzene rings is 2. The highest BCUT2D eigenvalue weighted by Gasteiger charge is 2.42. The molecule has 2 atom stereocenters. The van der Waals surface area contributed by atoms with Crippen LogP contribution in [0.15, 0.2) is 60.7 Å². The predicted molar refractivity (Wildman–Crippen MR) is 86.4 cm³/mol. The molecule has 2 N–H and O–H groups in total. The Morgan fingerprint density at radius 3 is 1.90 bits per heavy atom. The summed E-state index contributed by atoms with van der Waals surface area (Å²) in [6.07, 6.45) is 2.50. The van der Waals surface area contributed by atoms with Crippen molar-refractivity contribution in [3.63, 3.8) is 0 Å². The van der Waals surface area contributed by atoms with E-state index in [1.807, 2.05) is 7.05 Å². The van der Waals surface area contributed by atoms with Gasteiger partial charge < -0.3 is 10.4 Å². The van der Waals surface area contributed by atoms with Gasteiger partial charge in [0.15, 0.2) is 0 Å². The Labute approximate surface area is 126 Å². The SMILES string of the molecule is CNC1CCC(c2ccccc2)(c2ccccc2)CC1O. The van der Waals surface area contributed by atoms with Crippen molar-refractivity contribution in [2.45, 2.75) is 36.8 Å². The van der Waals surface area contributed by atoms with E-state index in [2.05, 4.69) is 66.0 Å². The first-order chi connectivity index (χ1) is 10.3. The maximum atomic E-state index is 10.6. The van der Waals surface area contributed by atoms with Gasteiger partial charge in [0.25, 0.3) is 0 Å². The molecule has 0 spiro atoms. The van der Waals surface area contributed by atoms with E-state index >= 15 is 0 Å². The third kappa shape index (κ3) is 2.61. The fourth-order valence-corrected chi connectivity index (χ4v) is 3.74. The lowest BCUT2D eigenvalue weighted by atomic mass is 9.63. The second-order valence-electron chi connectivity index (χ2n) is 6.02. The topological polar surface area (TPSA) is 32.3 Å². The second-order valence-corrected chi connectivity index (χ2v) is 6.02. The summed E-state index contributed by atoms with van der Waals surface area (Å²) < 4.78 is 0. The second kappa shape index (κ2) is 6.00. The van der Waals surface area contributed by atoms with Gasteiger partial charge >= 0.3 is 0 Å². The van der Waals surface area contributed by atoms with Gasteiger partial charge in [0.1, 0.15) is 0 Å². The molecule has 0 aliphatic heterocycles. The van der Waals surface area contributed by atoms with Gasteiger partial charge in [0, 0.05) is 11.5 Å². The van der Waals surface area contributed by atoms with Crippen LogP contribution in [0, 0.1) is 0 Å². The van der Waals surface area contributed by atoms with Crippen LogP contribution < -0.4 is 5.32 Å². The van der Waals surface area contributed by atoms with Crippen molar-refractivity contribution in [3.05, 3.63) is 71.8 Å². The lowest BCUT2D eigenvalue weighted by molar-refractivity contribution is 0.0656. The van der Waals surface area contributed by atoms with Crippen LogP contribution >= 0.6 is 0 Å². The molecule has 2 aromatic carbocycles. The number of likely N-dealkylation sites (N-methyl/N-ethyl adjacent to an activating group) is 1. The Kier molecular flexibility index (Phi) is 4.09. The summed E-state index contributed by atoms with van der Waals surface area (Å²) in [5.74, 6) is 0. The smallest absolute Gasteiger partial charge is 0.0704 e. The number of aliphatic hydroxyl groups excluding tert-OH is 1. The maximum absolute atomic E-state index is 10.6. The third-order valence-corrected chi connectivity index (χ3v) is 4.93. The summed E-state index contributed by atoms with van der Waals surface area (Å²) in [6.45, 7) is 0. The largest absolute Gasteiger partial charge is 0.391 e. The van der Waals surface area contributed by atoms with E-state index in [9.17, 15) is 5.11 Å². The molecule has 2 nitrogen and oxygen atoms in total. The summed E-state index contributed by atoms with van der Waals surface area (Å²) in [5.41, 5.74) is 2.55. The van der Waals surface area contributed by atoms with Crippen LogP contribution in [0.4, 0.5) is 0 Å². The van der Waals surface area contributed by atoms with Gasteiger partial charge in [-0.05, 0) is 37.4 Å². The summed E-state index contributed by atoms with van der Waals surface area (Å²) in [5, 5.41) is 13.8. The van der Waals surface area contributed by atoms with Crippen LogP contribution in [-0.2, 0) is 5.41 Å². The van der Waals surface area contributed by atoms with E-state index in [1.54, 1.807) is 0 Å². The Bertz CT molecular complexity index is 527. The maximum Gasteiger partial charge on any atom is 0.0704 e.